The average molecular weight is 188 g/mol. The SMILES string of the molecule is CNCCc1cnc2ccncc2n1. The van der Waals surface area contributed by atoms with Crippen molar-refractivity contribution in [2.24, 2.45) is 0 Å². The van der Waals surface area contributed by atoms with Crippen molar-refractivity contribution in [2.75, 3.05) is 13.6 Å². The highest BCUT2D eigenvalue weighted by atomic mass is 14.8. The van der Waals surface area contributed by atoms with Gasteiger partial charge in [-0.1, -0.05) is 0 Å². The quantitative estimate of drug-likeness (QED) is 0.773. The monoisotopic (exact) mass is 188 g/mol. The van der Waals surface area contributed by atoms with E-state index >= 15 is 0 Å². The molecule has 72 valence electrons. The first-order valence-electron chi connectivity index (χ1n) is 4.60. The number of rotatable bonds is 3. The molecule has 0 saturated carbocycles. The zero-order chi connectivity index (χ0) is 9.80. The van der Waals surface area contributed by atoms with E-state index in [4.69, 9.17) is 0 Å². The summed E-state index contributed by atoms with van der Waals surface area (Å²) in [7, 11) is 1.93. The molecule has 0 amide bonds. The predicted molar refractivity (Wildman–Crippen MR) is 55.0 cm³/mol. The van der Waals surface area contributed by atoms with E-state index < -0.39 is 0 Å². The fourth-order valence-corrected chi connectivity index (χ4v) is 1.28. The minimum Gasteiger partial charge on any atom is -0.319 e. The smallest absolute Gasteiger partial charge is 0.107 e. The fraction of sp³-hybridized carbons (Fsp3) is 0.300. The number of hydrogen-bond acceptors (Lipinski definition) is 4. The minimum atomic E-state index is 0.862. The van der Waals surface area contributed by atoms with Gasteiger partial charge in [-0.2, -0.15) is 0 Å². The van der Waals surface area contributed by atoms with Crippen molar-refractivity contribution < 1.29 is 0 Å². The normalized spacial score (nSPS) is 10.6. The zero-order valence-corrected chi connectivity index (χ0v) is 8.07. The highest BCUT2D eigenvalue weighted by Crippen LogP contribution is 2.06. The number of nitrogens with one attached hydrogen (secondary N) is 1. The summed E-state index contributed by atoms with van der Waals surface area (Å²) in [6.07, 6.45) is 6.18. The van der Waals surface area contributed by atoms with Crippen LogP contribution in [0.5, 0.6) is 0 Å². The van der Waals surface area contributed by atoms with Crippen molar-refractivity contribution >= 4 is 11.0 Å². The molecular formula is C10H12N4. The van der Waals surface area contributed by atoms with Gasteiger partial charge in [-0.05, 0) is 13.1 Å². The van der Waals surface area contributed by atoms with E-state index in [9.17, 15) is 0 Å². The topological polar surface area (TPSA) is 50.7 Å². The second-order valence-electron chi connectivity index (χ2n) is 3.08. The number of hydrogen-bond donors (Lipinski definition) is 1. The second kappa shape index (κ2) is 4.11. The van der Waals surface area contributed by atoms with Crippen LogP contribution in [0, 0.1) is 0 Å². The van der Waals surface area contributed by atoms with Crippen molar-refractivity contribution in [1.82, 2.24) is 20.3 Å². The zero-order valence-electron chi connectivity index (χ0n) is 8.07. The average Bonchev–Trinajstić information content (AvgIpc) is 2.26. The van der Waals surface area contributed by atoms with E-state index in [1.165, 1.54) is 0 Å². The lowest BCUT2D eigenvalue weighted by Crippen LogP contribution is -2.11. The van der Waals surface area contributed by atoms with Crippen LogP contribution in [0.4, 0.5) is 0 Å². The third-order valence-electron chi connectivity index (χ3n) is 2.03. The molecular weight excluding hydrogens is 176 g/mol. The number of fused-ring (bicyclic) bond motifs is 1. The molecule has 2 aromatic rings. The molecule has 0 saturated heterocycles. The van der Waals surface area contributed by atoms with Gasteiger partial charge in [0.25, 0.3) is 0 Å². The standard InChI is InChI=1S/C10H12N4/c1-11-4-2-8-6-13-9-3-5-12-7-10(9)14-8/h3,5-7,11H,2,4H2,1H3. The van der Waals surface area contributed by atoms with Crippen LogP contribution in [0.2, 0.25) is 0 Å². The summed E-state index contributed by atoms with van der Waals surface area (Å²) >= 11 is 0. The molecule has 0 fully saturated rings. The lowest BCUT2D eigenvalue weighted by atomic mass is 10.3. The second-order valence-corrected chi connectivity index (χ2v) is 3.08. The van der Waals surface area contributed by atoms with Gasteiger partial charge in [0, 0.05) is 25.4 Å². The molecule has 0 bridgehead atoms. The maximum Gasteiger partial charge on any atom is 0.107 e. The van der Waals surface area contributed by atoms with Crippen LogP contribution in [0.15, 0.2) is 24.7 Å². The van der Waals surface area contributed by atoms with Gasteiger partial charge in [0.05, 0.1) is 17.4 Å². The van der Waals surface area contributed by atoms with Gasteiger partial charge in [0.1, 0.15) is 5.52 Å². The van der Waals surface area contributed by atoms with Gasteiger partial charge in [-0.3, -0.25) is 9.97 Å². The summed E-state index contributed by atoms with van der Waals surface area (Å²) in [6, 6.07) is 1.87. The van der Waals surface area contributed by atoms with Crippen molar-refractivity contribution in [3.05, 3.63) is 30.4 Å². The molecule has 2 rings (SSSR count). The van der Waals surface area contributed by atoms with Crippen LogP contribution in [0.25, 0.3) is 11.0 Å². The Morgan fingerprint density at radius 3 is 3.07 bits per heavy atom. The van der Waals surface area contributed by atoms with Crippen LogP contribution in [-0.4, -0.2) is 28.5 Å². The first kappa shape index (κ1) is 9.02. The molecule has 0 aliphatic heterocycles. The third-order valence-corrected chi connectivity index (χ3v) is 2.03. The van der Waals surface area contributed by atoms with E-state index in [0.29, 0.717) is 0 Å². The Hall–Kier alpha value is -1.55. The summed E-state index contributed by atoms with van der Waals surface area (Å²) in [4.78, 5) is 12.8. The summed E-state index contributed by atoms with van der Waals surface area (Å²) < 4.78 is 0. The van der Waals surface area contributed by atoms with Gasteiger partial charge in [0.15, 0.2) is 0 Å². The third kappa shape index (κ3) is 1.85. The molecule has 2 aromatic heterocycles. The van der Waals surface area contributed by atoms with Crippen LogP contribution in [0.1, 0.15) is 5.69 Å². The van der Waals surface area contributed by atoms with E-state index in [0.717, 1.165) is 29.7 Å². The Balaban J connectivity index is 2.32. The molecule has 0 aromatic carbocycles. The van der Waals surface area contributed by atoms with E-state index in [1.807, 2.05) is 19.3 Å². The first-order valence-corrected chi connectivity index (χ1v) is 4.60. The van der Waals surface area contributed by atoms with Crippen LogP contribution in [-0.2, 0) is 6.42 Å². The number of likely N-dealkylation sites (N-methyl/N-ethyl adjacent to an activating group) is 1. The molecule has 14 heavy (non-hydrogen) atoms. The van der Waals surface area contributed by atoms with Crippen molar-refractivity contribution in [3.8, 4) is 0 Å². The van der Waals surface area contributed by atoms with Crippen LogP contribution < -0.4 is 5.32 Å². The summed E-state index contributed by atoms with van der Waals surface area (Å²) in [5.74, 6) is 0. The van der Waals surface area contributed by atoms with Gasteiger partial charge >= 0.3 is 0 Å². The fourth-order valence-electron chi connectivity index (χ4n) is 1.28. The molecule has 0 spiro atoms. The highest BCUT2D eigenvalue weighted by molar-refractivity contribution is 5.72. The Kier molecular flexibility index (Phi) is 2.65. The Morgan fingerprint density at radius 1 is 1.29 bits per heavy atom. The summed E-state index contributed by atoms with van der Waals surface area (Å²) in [5, 5.41) is 3.08. The Bertz CT molecular complexity index is 427. The number of pyridine rings is 1. The van der Waals surface area contributed by atoms with Crippen LogP contribution in [0.3, 0.4) is 0 Å². The summed E-state index contributed by atoms with van der Waals surface area (Å²) in [6.45, 7) is 0.917. The Morgan fingerprint density at radius 2 is 2.21 bits per heavy atom. The number of nitrogens with zero attached hydrogens (tertiary/aromatic N) is 3. The molecule has 2 heterocycles. The van der Waals surface area contributed by atoms with Crippen LogP contribution >= 0.6 is 0 Å². The highest BCUT2D eigenvalue weighted by Gasteiger charge is 1.98. The van der Waals surface area contributed by atoms with Gasteiger partial charge in [0.2, 0.25) is 0 Å². The van der Waals surface area contributed by atoms with Gasteiger partial charge < -0.3 is 5.32 Å². The van der Waals surface area contributed by atoms with Crippen molar-refractivity contribution in [2.45, 2.75) is 6.42 Å². The number of aromatic nitrogens is 3. The molecule has 0 aliphatic carbocycles. The predicted octanol–water partition coefficient (Wildman–Crippen LogP) is 0.787. The van der Waals surface area contributed by atoms with E-state index in [-0.39, 0.29) is 0 Å². The molecule has 4 heteroatoms. The molecule has 0 unspecified atom stereocenters. The lowest BCUT2D eigenvalue weighted by molar-refractivity contribution is 0.776. The molecule has 4 nitrogen and oxygen atoms in total. The lowest BCUT2D eigenvalue weighted by Gasteiger charge is -2.00. The largest absolute Gasteiger partial charge is 0.319 e. The maximum atomic E-state index is 4.45. The maximum absolute atomic E-state index is 4.45. The van der Waals surface area contributed by atoms with E-state index in [2.05, 4.69) is 20.3 Å². The Labute approximate surface area is 82.4 Å². The van der Waals surface area contributed by atoms with Crippen molar-refractivity contribution in [1.29, 1.82) is 0 Å². The molecule has 1 N–H and O–H groups in total. The summed E-state index contributed by atoms with van der Waals surface area (Å²) in [5.41, 5.74) is 2.76. The first-order chi connectivity index (χ1) is 6.90. The molecule has 0 aliphatic rings. The minimum absolute atomic E-state index is 0.862. The van der Waals surface area contributed by atoms with Gasteiger partial charge in [-0.15, -0.1) is 0 Å². The van der Waals surface area contributed by atoms with E-state index in [1.54, 1.807) is 12.4 Å². The molecule has 0 atom stereocenters. The van der Waals surface area contributed by atoms with Gasteiger partial charge in [-0.25, -0.2) is 4.98 Å². The molecule has 0 radical (unpaired) electrons. The van der Waals surface area contributed by atoms with Crippen molar-refractivity contribution in [3.63, 3.8) is 0 Å².